The first-order chi connectivity index (χ1) is 9.65. The highest BCUT2D eigenvalue weighted by Gasteiger charge is 2.21. The Morgan fingerprint density at radius 2 is 1.85 bits per heavy atom. The molecule has 4 heteroatoms. The van der Waals surface area contributed by atoms with Crippen LogP contribution >= 0.6 is 11.6 Å². The highest BCUT2D eigenvalue weighted by Crippen LogP contribution is 2.21. The number of rotatable bonds is 6. The van der Waals surface area contributed by atoms with Crippen LogP contribution in [0.25, 0.3) is 0 Å². The zero-order valence-electron chi connectivity index (χ0n) is 12.2. The van der Waals surface area contributed by atoms with Crippen LogP contribution in [0, 0.1) is 0 Å². The number of hydrogen-bond acceptors (Lipinski definition) is 3. The molecule has 3 nitrogen and oxygen atoms in total. The molecule has 0 aromatic heterocycles. The van der Waals surface area contributed by atoms with Gasteiger partial charge in [0, 0.05) is 23.7 Å². The van der Waals surface area contributed by atoms with Gasteiger partial charge in [-0.1, -0.05) is 11.6 Å². The number of nitrogens with two attached hydrogens (primary N) is 1. The predicted octanol–water partition coefficient (Wildman–Crippen LogP) is 3.31. The minimum Gasteiger partial charge on any atom is -0.494 e. The molecule has 0 aliphatic heterocycles. The maximum Gasteiger partial charge on any atom is 0.119 e. The van der Waals surface area contributed by atoms with E-state index < -0.39 is 0 Å². The Morgan fingerprint density at radius 1 is 1.20 bits per heavy atom. The van der Waals surface area contributed by atoms with E-state index in [2.05, 4.69) is 11.9 Å². The SMILES string of the molecule is CN(CCCOc1ccc(Cl)cc1)C1CCC(N)CC1. The van der Waals surface area contributed by atoms with Crippen molar-refractivity contribution in [1.82, 2.24) is 4.90 Å². The van der Waals surface area contributed by atoms with Gasteiger partial charge in [-0.3, -0.25) is 0 Å². The van der Waals surface area contributed by atoms with Crippen LogP contribution in [0.5, 0.6) is 5.75 Å². The summed E-state index contributed by atoms with van der Waals surface area (Å²) in [4.78, 5) is 2.46. The second kappa shape index (κ2) is 7.87. The third-order valence-electron chi connectivity index (χ3n) is 4.10. The van der Waals surface area contributed by atoms with E-state index in [1.54, 1.807) is 0 Å². The Balaban J connectivity index is 1.61. The van der Waals surface area contributed by atoms with Crippen molar-refractivity contribution in [3.63, 3.8) is 0 Å². The van der Waals surface area contributed by atoms with Crippen molar-refractivity contribution in [2.24, 2.45) is 5.73 Å². The van der Waals surface area contributed by atoms with Crippen LogP contribution in [0.15, 0.2) is 24.3 Å². The Bertz CT molecular complexity index is 388. The molecule has 0 atom stereocenters. The van der Waals surface area contributed by atoms with Gasteiger partial charge in [0.2, 0.25) is 0 Å². The number of nitrogens with zero attached hydrogens (tertiary/aromatic N) is 1. The van der Waals surface area contributed by atoms with E-state index in [0.29, 0.717) is 12.1 Å². The lowest BCUT2D eigenvalue weighted by Crippen LogP contribution is -2.39. The highest BCUT2D eigenvalue weighted by molar-refractivity contribution is 6.30. The van der Waals surface area contributed by atoms with Crippen LogP contribution in [0.1, 0.15) is 32.1 Å². The molecule has 20 heavy (non-hydrogen) atoms. The molecule has 1 aliphatic rings. The highest BCUT2D eigenvalue weighted by atomic mass is 35.5. The largest absolute Gasteiger partial charge is 0.494 e. The van der Waals surface area contributed by atoms with Gasteiger partial charge in [-0.05, 0) is 63.4 Å². The smallest absolute Gasteiger partial charge is 0.119 e. The summed E-state index contributed by atoms with van der Waals surface area (Å²) in [6.07, 6.45) is 5.83. The molecule has 1 fully saturated rings. The summed E-state index contributed by atoms with van der Waals surface area (Å²) >= 11 is 5.84. The topological polar surface area (TPSA) is 38.5 Å². The van der Waals surface area contributed by atoms with E-state index in [-0.39, 0.29) is 0 Å². The fraction of sp³-hybridized carbons (Fsp3) is 0.625. The minimum atomic E-state index is 0.424. The zero-order chi connectivity index (χ0) is 14.4. The van der Waals surface area contributed by atoms with Gasteiger partial charge < -0.3 is 15.4 Å². The van der Waals surface area contributed by atoms with Crippen molar-refractivity contribution in [2.75, 3.05) is 20.2 Å². The van der Waals surface area contributed by atoms with Crippen LogP contribution in [-0.2, 0) is 0 Å². The molecule has 2 rings (SSSR count). The van der Waals surface area contributed by atoms with E-state index in [0.717, 1.165) is 43.2 Å². The molecule has 1 aromatic rings. The summed E-state index contributed by atoms with van der Waals surface area (Å²) in [6.45, 7) is 1.83. The quantitative estimate of drug-likeness (QED) is 0.819. The third kappa shape index (κ3) is 4.97. The molecule has 0 spiro atoms. The van der Waals surface area contributed by atoms with E-state index in [1.165, 1.54) is 12.8 Å². The van der Waals surface area contributed by atoms with Gasteiger partial charge in [-0.2, -0.15) is 0 Å². The van der Waals surface area contributed by atoms with Gasteiger partial charge >= 0.3 is 0 Å². The average Bonchev–Trinajstić information content (AvgIpc) is 2.46. The standard InChI is InChI=1S/C16H25ClN2O/c1-19(15-7-5-14(18)6-8-15)11-2-12-20-16-9-3-13(17)4-10-16/h3-4,9-10,14-15H,2,5-8,11-12,18H2,1H3. The lowest BCUT2D eigenvalue weighted by molar-refractivity contribution is 0.170. The summed E-state index contributed by atoms with van der Waals surface area (Å²) in [5.74, 6) is 0.890. The van der Waals surface area contributed by atoms with Gasteiger partial charge in [-0.25, -0.2) is 0 Å². The molecule has 1 saturated carbocycles. The van der Waals surface area contributed by atoms with Crippen LogP contribution in [0.3, 0.4) is 0 Å². The average molecular weight is 297 g/mol. The zero-order valence-corrected chi connectivity index (χ0v) is 13.0. The lowest BCUT2D eigenvalue weighted by Gasteiger charge is -2.33. The first-order valence-corrected chi connectivity index (χ1v) is 7.87. The number of ether oxygens (including phenoxy) is 1. The molecule has 0 amide bonds. The van der Waals surface area contributed by atoms with Gasteiger partial charge in [0.15, 0.2) is 0 Å². The first kappa shape index (κ1) is 15.6. The van der Waals surface area contributed by atoms with Crippen LogP contribution < -0.4 is 10.5 Å². The number of hydrogen-bond donors (Lipinski definition) is 1. The van der Waals surface area contributed by atoms with Gasteiger partial charge in [0.05, 0.1) is 6.61 Å². The normalized spacial score (nSPS) is 23.0. The first-order valence-electron chi connectivity index (χ1n) is 7.49. The fourth-order valence-corrected chi connectivity index (χ4v) is 2.89. The van der Waals surface area contributed by atoms with Gasteiger partial charge in [0.1, 0.15) is 5.75 Å². The van der Waals surface area contributed by atoms with Crippen molar-refractivity contribution in [2.45, 2.75) is 44.2 Å². The molecule has 112 valence electrons. The molecule has 1 aromatic carbocycles. The Hall–Kier alpha value is -0.770. The molecule has 1 aliphatic carbocycles. The van der Waals surface area contributed by atoms with Crippen LogP contribution in [-0.4, -0.2) is 37.2 Å². The van der Waals surface area contributed by atoms with E-state index >= 15 is 0 Å². The van der Waals surface area contributed by atoms with Gasteiger partial charge in [0.25, 0.3) is 0 Å². The predicted molar refractivity (Wildman–Crippen MR) is 84.4 cm³/mol. The summed E-state index contributed by atoms with van der Waals surface area (Å²) in [5.41, 5.74) is 5.95. The van der Waals surface area contributed by atoms with Crippen molar-refractivity contribution < 1.29 is 4.74 Å². The Morgan fingerprint density at radius 3 is 2.50 bits per heavy atom. The molecular weight excluding hydrogens is 272 g/mol. The number of halogens is 1. The van der Waals surface area contributed by atoms with Crippen molar-refractivity contribution in [3.8, 4) is 5.75 Å². The molecular formula is C16H25ClN2O. The fourth-order valence-electron chi connectivity index (χ4n) is 2.76. The summed E-state index contributed by atoms with van der Waals surface area (Å²) < 4.78 is 5.71. The summed E-state index contributed by atoms with van der Waals surface area (Å²) in [7, 11) is 2.21. The van der Waals surface area contributed by atoms with E-state index in [1.807, 2.05) is 24.3 Å². The van der Waals surface area contributed by atoms with Crippen LogP contribution in [0.4, 0.5) is 0 Å². The minimum absolute atomic E-state index is 0.424. The van der Waals surface area contributed by atoms with E-state index in [9.17, 15) is 0 Å². The lowest BCUT2D eigenvalue weighted by atomic mass is 9.91. The molecule has 0 radical (unpaired) electrons. The van der Waals surface area contributed by atoms with Crippen LogP contribution in [0.2, 0.25) is 5.02 Å². The van der Waals surface area contributed by atoms with Crippen molar-refractivity contribution in [3.05, 3.63) is 29.3 Å². The monoisotopic (exact) mass is 296 g/mol. The molecule has 2 N–H and O–H groups in total. The van der Waals surface area contributed by atoms with E-state index in [4.69, 9.17) is 22.1 Å². The third-order valence-corrected chi connectivity index (χ3v) is 4.35. The molecule has 0 bridgehead atoms. The maximum atomic E-state index is 5.95. The van der Waals surface area contributed by atoms with Crippen molar-refractivity contribution in [1.29, 1.82) is 0 Å². The molecule has 0 heterocycles. The second-order valence-electron chi connectivity index (χ2n) is 5.71. The molecule has 0 unspecified atom stereocenters. The summed E-state index contributed by atoms with van der Waals surface area (Å²) in [6, 6.07) is 8.66. The number of benzene rings is 1. The molecule has 0 saturated heterocycles. The van der Waals surface area contributed by atoms with Gasteiger partial charge in [-0.15, -0.1) is 0 Å². The summed E-state index contributed by atoms with van der Waals surface area (Å²) in [5, 5.41) is 0.743. The second-order valence-corrected chi connectivity index (χ2v) is 6.14. The Labute approximate surface area is 127 Å². The van der Waals surface area contributed by atoms with Crippen molar-refractivity contribution >= 4 is 11.6 Å². The Kier molecular flexibility index (Phi) is 6.14. The maximum absolute atomic E-state index is 5.95.